The third kappa shape index (κ3) is 7.00. The smallest absolute Gasteiger partial charge is 0.223 e. The van der Waals surface area contributed by atoms with Gasteiger partial charge in [0.15, 0.2) is 0 Å². The van der Waals surface area contributed by atoms with E-state index in [1.54, 1.807) is 0 Å². The van der Waals surface area contributed by atoms with Gasteiger partial charge in [0, 0.05) is 40.6 Å². The maximum atomic E-state index is 12.4. The van der Waals surface area contributed by atoms with Gasteiger partial charge in [-0.15, -0.1) is 0 Å². The lowest BCUT2D eigenvalue weighted by Gasteiger charge is -2.31. The van der Waals surface area contributed by atoms with Crippen LogP contribution in [0.2, 0.25) is 10.0 Å². The van der Waals surface area contributed by atoms with E-state index in [-0.39, 0.29) is 11.8 Å². The Morgan fingerprint density at radius 3 is 2.36 bits per heavy atom. The van der Waals surface area contributed by atoms with Crippen molar-refractivity contribution in [1.29, 1.82) is 0 Å². The van der Waals surface area contributed by atoms with Gasteiger partial charge in [-0.3, -0.25) is 9.69 Å². The minimum atomic E-state index is 0.133. The van der Waals surface area contributed by atoms with E-state index in [9.17, 15) is 4.79 Å². The number of halogens is 2. The zero-order valence-corrected chi connectivity index (χ0v) is 18.2. The van der Waals surface area contributed by atoms with E-state index in [2.05, 4.69) is 22.3 Å². The van der Waals surface area contributed by atoms with Crippen molar-refractivity contribution in [3.63, 3.8) is 0 Å². The topological polar surface area (TPSA) is 32.3 Å². The summed E-state index contributed by atoms with van der Waals surface area (Å²) in [7, 11) is 0. The van der Waals surface area contributed by atoms with E-state index < -0.39 is 0 Å². The number of benzene rings is 2. The molecule has 0 bridgehead atoms. The van der Waals surface area contributed by atoms with Crippen LogP contribution in [0.3, 0.4) is 0 Å². The molecule has 2 aromatic carbocycles. The molecule has 1 aliphatic heterocycles. The first-order chi connectivity index (χ1) is 13.6. The highest BCUT2D eigenvalue weighted by atomic mass is 35.5. The first kappa shape index (κ1) is 21.5. The zero-order chi connectivity index (χ0) is 19.8. The Balaban J connectivity index is 1.30. The summed E-state index contributed by atoms with van der Waals surface area (Å²) in [5, 5.41) is 4.65. The average molecular weight is 437 g/mol. The maximum absolute atomic E-state index is 12.4. The molecule has 1 amide bonds. The number of hydrogen-bond donors (Lipinski definition) is 1. The molecule has 0 aromatic heterocycles. The van der Waals surface area contributed by atoms with Crippen LogP contribution in [0.5, 0.6) is 0 Å². The van der Waals surface area contributed by atoms with Gasteiger partial charge in [0.1, 0.15) is 0 Å². The summed E-state index contributed by atoms with van der Waals surface area (Å²) in [6.45, 7) is 3.52. The number of amides is 1. The minimum Gasteiger partial charge on any atom is -0.355 e. The highest BCUT2D eigenvalue weighted by Gasteiger charge is 2.24. The molecular weight excluding hydrogens is 411 g/mol. The van der Waals surface area contributed by atoms with Crippen LogP contribution in [0.4, 0.5) is 0 Å². The van der Waals surface area contributed by atoms with Gasteiger partial charge in [-0.1, -0.05) is 47.5 Å². The Kier molecular flexibility index (Phi) is 8.53. The van der Waals surface area contributed by atoms with Crippen molar-refractivity contribution in [2.24, 2.45) is 5.92 Å². The minimum absolute atomic E-state index is 0.133. The van der Waals surface area contributed by atoms with Crippen molar-refractivity contribution in [2.75, 3.05) is 25.4 Å². The first-order valence-electron chi connectivity index (χ1n) is 9.67. The predicted octanol–water partition coefficient (Wildman–Crippen LogP) is 5.26. The molecule has 0 radical (unpaired) electrons. The molecule has 1 heterocycles. The molecule has 1 fully saturated rings. The lowest BCUT2D eigenvalue weighted by molar-refractivity contribution is -0.126. The number of rotatable bonds is 8. The van der Waals surface area contributed by atoms with Crippen LogP contribution in [-0.4, -0.2) is 36.2 Å². The van der Waals surface area contributed by atoms with Crippen molar-refractivity contribution in [2.45, 2.75) is 25.1 Å². The largest absolute Gasteiger partial charge is 0.355 e. The highest BCUT2D eigenvalue weighted by Crippen LogP contribution is 2.21. The number of hydrogen-bond acceptors (Lipinski definition) is 3. The Morgan fingerprint density at radius 2 is 1.68 bits per heavy atom. The maximum Gasteiger partial charge on any atom is 0.223 e. The molecule has 150 valence electrons. The molecule has 3 rings (SSSR count). The summed E-state index contributed by atoms with van der Waals surface area (Å²) < 4.78 is 0. The SMILES string of the molecule is O=C(NCCSCc1cccc(Cl)c1)C1CCN(Cc2cccc(Cl)c2)CC1. The number of piperidine rings is 1. The van der Waals surface area contributed by atoms with Gasteiger partial charge < -0.3 is 5.32 Å². The molecule has 2 aromatic rings. The molecule has 1 aliphatic rings. The molecule has 0 spiro atoms. The third-order valence-corrected chi connectivity index (χ3v) is 6.46. The summed E-state index contributed by atoms with van der Waals surface area (Å²) in [4.78, 5) is 14.8. The van der Waals surface area contributed by atoms with Crippen LogP contribution in [-0.2, 0) is 17.1 Å². The van der Waals surface area contributed by atoms with Crippen LogP contribution in [0.15, 0.2) is 48.5 Å². The molecule has 0 saturated carbocycles. The normalized spacial score (nSPS) is 15.5. The summed E-state index contributed by atoms with van der Waals surface area (Å²) in [5.41, 5.74) is 2.45. The van der Waals surface area contributed by atoms with Gasteiger partial charge in [0.05, 0.1) is 0 Å². The lowest BCUT2D eigenvalue weighted by atomic mass is 9.95. The van der Waals surface area contributed by atoms with E-state index in [1.807, 2.05) is 48.2 Å². The van der Waals surface area contributed by atoms with Crippen molar-refractivity contribution < 1.29 is 4.79 Å². The van der Waals surface area contributed by atoms with Gasteiger partial charge in [0.25, 0.3) is 0 Å². The molecule has 1 N–H and O–H groups in total. The Morgan fingerprint density at radius 1 is 1.04 bits per heavy atom. The fraction of sp³-hybridized carbons (Fsp3) is 0.409. The van der Waals surface area contributed by atoms with Crippen LogP contribution in [0, 0.1) is 5.92 Å². The average Bonchev–Trinajstić information content (AvgIpc) is 2.68. The molecule has 3 nitrogen and oxygen atoms in total. The Bertz CT molecular complexity index is 779. The fourth-order valence-corrected chi connectivity index (χ4v) is 4.69. The Hall–Kier alpha value is -1.20. The number of nitrogens with one attached hydrogen (secondary N) is 1. The van der Waals surface area contributed by atoms with Gasteiger partial charge >= 0.3 is 0 Å². The second kappa shape index (κ2) is 11.1. The summed E-state index contributed by atoms with van der Waals surface area (Å²) in [6.07, 6.45) is 1.84. The van der Waals surface area contributed by atoms with E-state index in [0.717, 1.165) is 54.0 Å². The van der Waals surface area contributed by atoms with Crippen LogP contribution >= 0.6 is 35.0 Å². The van der Waals surface area contributed by atoms with Crippen LogP contribution in [0.1, 0.15) is 24.0 Å². The quantitative estimate of drug-likeness (QED) is 0.573. The molecular formula is C22H26Cl2N2OS. The zero-order valence-electron chi connectivity index (χ0n) is 15.9. The third-order valence-electron chi connectivity index (χ3n) is 4.96. The number of thioether (sulfide) groups is 1. The van der Waals surface area contributed by atoms with Gasteiger partial charge in [0.2, 0.25) is 5.91 Å². The second-order valence-corrected chi connectivity index (χ2v) is 9.13. The fourth-order valence-electron chi connectivity index (χ4n) is 3.45. The van der Waals surface area contributed by atoms with Gasteiger partial charge in [-0.05, 0) is 61.3 Å². The van der Waals surface area contributed by atoms with E-state index >= 15 is 0 Å². The summed E-state index contributed by atoms with van der Waals surface area (Å²) in [6, 6.07) is 15.9. The van der Waals surface area contributed by atoms with E-state index in [1.165, 1.54) is 11.1 Å². The first-order valence-corrected chi connectivity index (χ1v) is 11.6. The monoisotopic (exact) mass is 436 g/mol. The van der Waals surface area contributed by atoms with Crippen molar-refractivity contribution in [3.05, 3.63) is 69.7 Å². The van der Waals surface area contributed by atoms with Gasteiger partial charge in [-0.2, -0.15) is 11.8 Å². The van der Waals surface area contributed by atoms with Crippen molar-refractivity contribution >= 4 is 40.9 Å². The van der Waals surface area contributed by atoms with E-state index in [4.69, 9.17) is 23.2 Å². The summed E-state index contributed by atoms with van der Waals surface area (Å²) >= 11 is 13.9. The lowest BCUT2D eigenvalue weighted by Crippen LogP contribution is -2.40. The molecule has 28 heavy (non-hydrogen) atoms. The van der Waals surface area contributed by atoms with Crippen LogP contribution < -0.4 is 5.32 Å². The molecule has 0 aliphatic carbocycles. The van der Waals surface area contributed by atoms with Crippen LogP contribution in [0.25, 0.3) is 0 Å². The van der Waals surface area contributed by atoms with E-state index in [0.29, 0.717) is 6.54 Å². The van der Waals surface area contributed by atoms with Gasteiger partial charge in [-0.25, -0.2) is 0 Å². The number of carbonyl (C=O) groups excluding carboxylic acids is 1. The number of nitrogens with zero attached hydrogens (tertiary/aromatic N) is 1. The molecule has 0 unspecified atom stereocenters. The predicted molar refractivity (Wildman–Crippen MR) is 120 cm³/mol. The summed E-state index contributed by atoms with van der Waals surface area (Å²) in [5.74, 6) is 2.16. The molecule has 0 atom stereocenters. The Labute approximate surface area is 181 Å². The molecule has 1 saturated heterocycles. The molecule has 6 heteroatoms. The number of carbonyl (C=O) groups is 1. The standard InChI is InChI=1S/C22H26Cl2N2OS/c23-20-5-1-3-17(13-20)15-26-10-7-19(8-11-26)22(27)25-9-12-28-16-18-4-2-6-21(24)14-18/h1-6,13-14,19H,7-12,15-16H2,(H,25,27). The number of likely N-dealkylation sites (tertiary alicyclic amines) is 1. The second-order valence-electron chi connectivity index (χ2n) is 7.15. The highest BCUT2D eigenvalue weighted by molar-refractivity contribution is 7.98. The van der Waals surface area contributed by atoms with Crippen molar-refractivity contribution in [1.82, 2.24) is 10.2 Å². The van der Waals surface area contributed by atoms with Crippen molar-refractivity contribution in [3.8, 4) is 0 Å².